The van der Waals surface area contributed by atoms with Gasteiger partial charge in [0.1, 0.15) is 29.5 Å². The SMILES string of the molecule is CC(C)Nc1cncc(-c2cc3c(-c4cc5c(-c6cc(F)cc(OCCN(C)C)c6)ccnc5[nH]4)n[nH]c3cn2)c1. The molecule has 0 aliphatic rings. The van der Waals surface area contributed by atoms with Crippen LogP contribution >= 0.6 is 0 Å². The molecule has 0 amide bonds. The topological polar surface area (TPSA) is 108 Å². The van der Waals surface area contributed by atoms with E-state index in [1.165, 1.54) is 12.1 Å². The largest absolute Gasteiger partial charge is 0.492 e. The van der Waals surface area contributed by atoms with Crippen molar-refractivity contribution in [2.45, 2.75) is 19.9 Å². The van der Waals surface area contributed by atoms with Gasteiger partial charge in [0.05, 0.1) is 28.8 Å². The summed E-state index contributed by atoms with van der Waals surface area (Å²) in [6.45, 7) is 5.37. The molecule has 1 aromatic carbocycles. The van der Waals surface area contributed by atoms with E-state index in [0.717, 1.165) is 56.7 Å². The number of aromatic nitrogens is 6. The summed E-state index contributed by atoms with van der Waals surface area (Å²) in [4.78, 5) is 19.0. The fraction of sp³-hybridized carbons (Fsp3) is 0.226. The molecular weight excluding hydrogens is 519 g/mol. The van der Waals surface area contributed by atoms with Gasteiger partial charge < -0.3 is 19.9 Å². The molecule has 0 saturated carbocycles. The monoisotopic (exact) mass is 550 g/mol. The number of ether oxygens (including phenoxy) is 1. The fourth-order valence-electron chi connectivity index (χ4n) is 4.83. The molecule has 41 heavy (non-hydrogen) atoms. The van der Waals surface area contributed by atoms with Crippen LogP contribution in [0.2, 0.25) is 0 Å². The molecule has 0 bridgehead atoms. The molecular formula is C31H31FN8O. The van der Waals surface area contributed by atoms with Gasteiger partial charge in [0.15, 0.2) is 0 Å². The van der Waals surface area contributed by atoms with Gasteiger partial charge in [-0.3, -0.25) is 15.1 Å². The van der Waals surface area contributed by atoms with E-state index < -0.39 is 0 Å². The maximum Gasteiger partial charge on any atom is 0.138 e. The van der Waals surface area contributed by atoms with Gasteiger partial charge in [-0.25, -0.2) is 9.37 Å². The summed E-state index contributed by atoms with van der Waals surface area (Å²) in [6, 6.07) is 13.0. The molecule has 9 nitrogen and oxygen atoms in total. The van der Waals surface area contributed by atoms with Crippen LogP contribution in [0, 0.1) is 5.82 Å². The van der Waals surface area contributed by atoms with E-state index in [2.05, 4.69) is 49.3 Å². The van der Waals surface area contributed by atoms with Crippen molar-refractivity contribution in [1.82, 2.24) is 35.0 Å². The third kappa shape index (κ3) is 5.59. The summed E-state index contributed by atoms with van der Waals surface area (Å²) in [7, 11) is 3.94. The van der Waals surface area contributed by atoms with E-state index in [0.29, 0.717) is 23.6 Å². The van der Waals surface area contributed by atoms with Crippen LogP contribution in [-0.4, -0.2) is 68.3 Å². The number of nitrogens with one attached hydrogen (secondary N) is 3. The number of anilines is 1. The molecule has 0 spiro atoms. The molecule has 0 aliphatic carbocycles. The highest BCUT2D eigenvalue weighted by Gasteiger charge is 2.16. The number of halogens is 1. The molecule has 0 unspecified atom stereocenters. The van der Waals surface area contributed by atoms with Crippen LogP contribution < -0.4 is 10.1 Å². The molecule has 0 aliphatic heterocycles. The lowest BCUT2D eigenvalue weighted by Gasteiger charge is -2.12. The number of pyridine rings is 3. The van der Waals surface area contributed by atoms with Gasteiger partial charge in [0, 0.05) is 53.6 Å². The molecule has 10 heteroatoms. The number of fused-ring (bicyclic) bond motifs is 2. The summed E-state index contributed by atoms with van der Waals surface area (Å²) in [6.07, 6.45) is 7.10. The lowest BCUT2D eigenvalue weighted by molar-refractivity contribution is 0.260. The number of likely N-dealkylation sites (N-methyl/N-ethyl adjacent to an activating group) is 1. The first-order valence-electron chi connectivity index (χ1n) is 13.5. The van der Waals surface area contributed by atoms with Crippen LogP contribution in [0.3, 0.4) is 0 Å². The van der Waals surface area contributed by atoms with Gasteiger partial charge in [-0.15, -0.1) is 0 Å². The van der Waals surface area contributed by atoms with Crippen molar-refractivity contribution in [1.29, 1.82) is 0 Å². The van der Waals surface area contributed by atoms with Gasteiger partial charge in [-0.2, -0.15) is 5.10 Å². The second kappa shape index (κ2) is 11.0. The maximum atomic E-state index is 14.6. The minimum Gasteiger partial charge on any atom is -0.492 e. The van der Waals surface area contributed by atoms with E-state index in [4.69, 9.17) is 4.74 Å². The quantitative estimate of drug-likeness (QED) is 0.199. The third-order valence-electron chi connectivity index (χ3n) is 6.71. The summed E-state index contributed by atoms with van der Waals surface area (Å²) in [5.74, 6) is 0.131. The Morgan fingerprint density at radius 2 is 1.85 bits per heavy atom. The van der Waals surface area contributed by atoms with Crippen molar-refractivity contribution in [3.63, 3.8) is 0 Å². The second-order valence-corrected chi connectivity index (χ2v) is 10.6. The predicted molar refractivity (Wildman–Crippen MR) is 160 cm³/mol. The Kier molecular flexibility index (Phi) is 7.07. The van der Waals surface area contributed by atoms with Crippen LogP contribution in [0.4, 0.5) is 10.1 Å². The first-order valence-corrected chi connectivity index (χ1v) is 13.5. The van der Waals surface area contributed by atoms with E-state index in [1.807, 2.05) is 49.3 Å². The number of aromatic amines is 2. The van der Waals surface area contributed by atoms with Crippen LogP contribution in [0.1, 0.15) is 13.8 Å². The highest BCUT2D eigenvalue weighted by Crippen LogP contribution is 2.35. The van der Waals surface area contributed by atoms with E-state index >= 15 is 0 Å². The number of hydrogen-bond acceptors (Lipinski definition) is 7. The number of rotatable bonds is 9. The Bertz CT molecular complexity index is 1840. The van der Waals surface area contributed by atoms with Gasteiger partial charge in [0.2, 0.25) is 0 Å². The number of benzene rings is 1. The molecule has 0 fully saturated rings. The van der Waals surface area contributed by atoms with Crippen molar-refractivity contribution in [3.05, 3.63) is 73.1 Å². The van der Waals surface area contributed by atoms with Crippen molar-refractivity contribution in [2.75, 3.05) is 32.6 Å². The van der Waals surface area contributed by atoms with Crippen LogP contribution in [0.15, 0.2) is 67.3 Å². The molecule has 6 rings (SSSR count). The highest BCUT2D eigenvalue weighted by molar-refractivity contribution is 6.00. The van der Waals surface area contributed by atoms with Gasteiger partial charge in [0.25, 0.3) is 0 Å². The number of H-pyrrole nitrogens is 2. The Morgan fingerprint density at radius 1 is 0.976 bits per heavy atom. The lowest BCUT2D eigenvalue weighted by Crippen LogP contribution is -2.19. The molecule has 3 N–H and O–H groups in total. The normalized spacial score (nSPS) is 11.7. The summed E-state index contributed by atoms with van der Waals surface area (Å²) in [5, 5.41) is 12.8. The minimum atomic E-state index is -0.358. The van der Waals surface area contributed by atoms with E-state index in [-0.39, 0.29) is 11.9 Å². The Balaban J connectivity index is 1.37. The first kappa shape index (κ1) is 26.4. The summed E-state index contributed by atoms with van der Waals surface area (Å²) < 4.78 is 20.4. The molecule has 0 saturated heterocycles. The zero-order chi connectivity index (χ0) is 28.5. The second-order valence-electron chi connectivity index (χ2n) is 10.6. The maximum absolute atomic E-state index is 14.6. The highest BCUT2D eigenvalue weighted by atomic mass is 19.1. The standard InChI is InChI=1S/C31H31FN8O/c1-18(2)36-22-10-20(15-33-16-22)27-14-26-29(17-35-27)38-39-30(26)28-13-25-24(5-6-34-31(25)37-28)19-9-21(32)12-23(11-19)41-8-7-40(3)4/h5-6,9-18,36H,7-8H2,1-4H3,(H,34,37)(H,38,39). The Morgan fingerprint density at radius 3 is 2.68 bits per heavy atom. The van der Waals surface area contributed by atoms with Crippen molar-refractivity contribution < 1.29 is 9.13 Å². The smallest absolute Gasteiger partial charge is 0.138 e. The van der Waals surface area contributed by atoms with Crippen molar-refractivity contribution >= 4 is 27.6 Å². The Hall–Kier alpha value is -4.83. The molecule has 208 valence electrons. The Labute approximate surface area is 236 Å². The van der Waals surface area contributed by atoms with Crippen molar-refractivity contribution in [2.24, 2.45) is 0 Å². The van der Waals surface area contributed by atoms with Crippen LogP contribution in [-0.2, 0) is 0 Å². The average molecular weight is 551 g/mol. The van der Waals surface area contributed by atoms with Gasteiger partial charge >= 0.3 is 0 Å². The predicted octanol–water partition coefficient (Wildman–Crippen LogP) is 6.13. The van der Waals surface area contributed by atoms with Gasteiger partial charge in [-0.1, -0.05) is 0 Å². The zero-order valence-corrected chi connectivity index (χ0v) is 23.4. The number of nitrogens with zero attached hydrogens (tertiary/aromatic N) is 5. The van der Waals surface area contributed by atoms with Crippen molar-refractivity contribution in [3.8, 4) is 39.5 Å². The van der Waals surface area contributed by atoms with E-state index in [1.54, 1.807) is 24.8 Å². The third-order valence-corrected chi connectivity index (χ3v) is 6.71. The lowest BCUT2D eigenvalue weighted by atomic mass is 10.0. The molecule has 6 aromatic rings. The van der Waals surface area contributed by atoms with E-state index in [9.17, 15) is 4.39 Å². The molecule has 5 heterocycles. The molecule has 0 radical (unpaired) electrons. The van der Waals surface area contributed by atoms with Crippen LogP contribution in [0.5, 0.6) is 5.75 Å². The molecule has 5 aromatic heterocycles. The number of hydrogen-bond donors (Lipinski definition) is 3. The molecule has 0 atom stereocenters. The summed E-state index contributed by atoms with van der Waals surface area (Å²) in [5.41, 5.74) is 7.20. The summed E-state index contributed by atoms with van der Waals surface area (Å²) >= 11 is 0. The van der Waals surface area contributed by atoms with Gasteiger partial charge in [-0.05, 0) is 75.5 Å². The zero-order valence-electron chi connectivity index (χ0n) is 23.4. The van der Waals surface area contributed by atoms with Crippen LogP contribution in [0.25, 0.3) is 55.7 Å². The first-order chi connectivity index (χ1) is 19.8. The fourth-order valence-corrected chi connectivity index (χ4v) is 4.83. The average Bonchev–Trinajstić information content (AvgIpc) is 3.56. The minimum absolute atomic E-state index is 0.290.